The first-order valence-electron chi connectivity index (χ1n) is 7.27. The van der Waals surface area contributed by atoms with Gasteiger partial charge in [0, 0.05) is 0 Å². The highest BCUT2D eigenvalue weighted by molar-refractivity contribution is 5.90. The minimum atomic E-state index is -1.06. The molecule has 3 rings (SSSR count). The molecule has 7 heteroatoms. The van der Waals surface area contributed by atoms with Gasteiger partial charge < -0.3 is 14.8 Å². The van der Waals surface area contributed by atoms with E-state index in [1.54, 1.807) is 30.3 Å². The lowest BCUT2D eigenvalue weighted by atomic mass is 10.1. The summed E-state index contributed by atoms with van der Waals surface area (Å²) in [6.45, 7) is -0.422. The molecule has 0 saturated carbocycles. The zero-order chi connectivity index (χ0) is 17.8. The zero-order valence-corrected chi connectivity index (χ0v) is 12.9. The van der Waals surface area contributed by atoms with E-state index < -0.39 is 12.6 Å². The van der Waals surface area contributed by atoms with E-state index in [1.165, 1.54) is 18.2 Å². The Morgan fingerprint density at radius 2 is 2.08 bits per heavy atom. The van der Waals surface area contributed by atoms with Gasteiger partial charge in [0.2, 0.25) is 0 Å². The van der Waals surface area contributed by atoms with Crippen molar-refractivity contribution < 1.29 is 19.0 Å². The van der Waals surface area contributed by atoms with Gasteiger partial charge in [0.1, 0.15) is 23.5 Å². The minimum absolute atomic E-state index is 0.288. The van der Waals surface area contributed by atoms with E-state index in [9.17, 15) is 14.4 Å². The number of imidazole rings is 1. The van der Waals surface area contributed by atoms with E-state index in [-0.39, 0.29) is 11.4 Å². The molecule has 0 aliphatic carbocycles. The monoisotopic (exact) mass is 337 g/mol. The van der Waals surface area contributed by atoms with Crippen molar-refractivity contribution in [2.45, 2.75) is 0 Å². The number of aromatic nitrogens is 2. The van der Waals surface area contributed by atoms with Crippen molar-refractivity contribution in [2.75, 3.05) is 6.61 Å². The molecule has 3 aromatic rings. The summed E-state index contributed by atoms with van der Waals surface area (Å²) in [6, 6.07) is 12.8. The largest absolute Gasteiger partial charge is 0.482 e. The Bertz CT molecular complexity index is 1000. The lowest BCUT2D eigenvalue weighted by Crippen LogP contribution is -2.09. The second-order valence-electron chi connectivity index (χ2n) is 5.17. The van der Waals surface area contributed by atoms with Crippen molar-refractivity contribution in [1.29, 1.82) is 5.26 Å². The standard InChI is InChI=1S/C18H12FN3O3/c19-13-3-6-15-16(8-13)22-18(21-15)12(9-20)7-11-1-4-14(5-2-11)25-10-17(23)24/h1-8H,10H2,(H,21,22)(H,23,24)/b12-7-. The molecule has 2 aromatic carbocycles. The molecule has 6 nitrogen and oxygen atoms in total. The number of hydrogen-bond acceptors (Lipinski definition) is 4. The summed E-state index contributed by atoms with van der Waals surface area (Å²) in [5.41, 5.74) is 2.07. The zero-order valence-electron chi connectivity index (χ0n) is 12.9. The van der Waals surface area contributed by atoms with Crippen LogP contribution in [0.5, 0.6) is 5.75 Å². The molecule has 25 heavy (non-hydrogen) atoms. The number of carboxylic acid groups (broad SMARTS) is 1. The summed E-state index contributed by atoms with van der Waals surface area (Å²) in [4.78, 5) is 17.7. The second kappa shape index (κ2) is 6.84. The highest BCUT2D eigenvalue weighted by atomic mass is 19.1. The number of carbonyl (C=O) groups is 1. The molecule has 0 fully saturated rings. The molecule has 0 radical (unpaired) electrons. The van der Waals surface area contributed by atoms with Crippen molar-refractivity contribution in [3.63, 3.8) is 0 Å². The molecular formula is C18H12FN3O3. The van der Waals surface area contributed by atoms with Crippen LogP contribution < -0.4 is 4.74 Å². The number of ether oxygens (including phenoxy) is 1. The van der Waals surface area contributed by atoms with Crippen LogP contribution in [-0.4, -0.2) is 27.7 Å². The number of nitrogens with zero attached hydrogens (tertiary/aromatic N) is 2. The van der Waals surface area contributed by atoms with Crippen LogP contribution in [0.3, 0.4) is 0 Å². The van der Waals surface area contributed by atoms with E-state index in [0.29, 0.717) is 28.2 Å². The number of halogens is 1. The number of nitriles is 1. The second-order valence-corrected chi connectivity index (χ2v) is 5.17. The Labute approximate surface area is 141 Å². The quantitative estimate of drug-likeness (QED) is 0.696. The maximum atomic E-state index is 13.3. The number of benzene rings is 2. The fourth-order valence-corrected chi connectivity index (χ4v) is 2.24. The summed E-state index contributed by atoms with van der Waals surface area (Å²) in [6.07, 6.45) is 1.62. The smallest absolute Gasteiger partial charge is 0.341 e. The molecule has 0 saturated heterocycles. The lowest BCUT2D eigenvalue weighted by Gasteiger charge is -2.03. The first-order chi connectivity index (χ1) is 12.0. The number of aromatic amines is 1. The van der Waals surface area contributed by atoms with E-state index >= 15 is 0 Å². The number of carboxylic acids is 1. The van der Waals surface area contributed by atoms with Crippen LogP contribution in [-0.2, 0) is 4.79 Å². The minimum Gasteiger partial charge on any atom is -0.482 e. The molecule has 0 bridgehead atoms. The van der Waals surface area contributed by atoms with Gasteiger partial charge in [-0.3, -0.25) is 0 Å². The number of rotatable bonds is 5. The third-order valence-corrected chi connectivity index (χ3v) is 3.37. The van der Waals surface area contributed by atoms with Gasteiger partial charge in [0.25, 0.3) is 0 Å². The van der Waals surface area contributed by atoms with E-state index in [1.807, 2.05) is 0 Å². The van der Waals surface area contributed by atoms with E-state index in [4.69, 9.17) is 9.84 Å². The summed E-state index contributed by atoms with van der Waals surface area (Å²) in [5, 5.41) is 18.0. The molecule has 2 N–H and O–H groups in total. The molecule has 1 heterocycles. The highest BCUT2D eigenvalue weighted by Crippen LogP contribution is 2.21. The topological polar surface area (TPSA) is 99.0 Å². The van der Waals surface area contributed by atoms with Gasteiger partial charge in [-0.1, -0.05) is 12.1 Å². The third kappa shape index (κ3) is 3.82. The summed E-state index contributed by atoms with van der Waals surface area (Å²) < 4.78 is 18.3. The Kier molecular flexibility index (Phi) is 4.44. The summed E-state index contributed by atoms with van der Waals surface area (Å²) in [7, 11) is 0. The predicted octanol–water partition coefficient (Wildman–Crippen LogP) is 3.23. The molecule has 124 valence electrons. The van der Waals surface area contributed by atoms with Gasteiger partial charge in [0.05, 0.1) is 16.6 Å². The summed E-state index contributed by atoms with van der Waals surface area (Å²) >= 11 is 0. The maximum Gasteiger partial charge on any atom is 0.341 e. The number of H-pyrrole nitrogens is 1. The third-order valence-electron chi connectivity index (χ3n) is 3.37. The fourth-order valence-electron chi connectivity index (χ4n) is 2.24. The number of nitrogens with one attached hydrogen (secondary N) is 1. The molecule has 0 spiro atoms. The van der Waals surface area contributed by atoms with Crippen molar-refractivity contribution >= 4 is 28.7 Å². The van der Waals surface area contributed by atoms with Gasteiger partial charge >= 0.3 is 5.97 Å². The van der Waals surface area contributed by atoms with Gasteiger partial charge in [-0.05, 0) is 42.0 Å². The van der Waals surface area contributed by atoms with Crippen LogP contribution in [0.1, 0.15) is 11.4 Å². The van der Waals surface area contributed by atoms with Crippen molar-refractivity contribution in [3.05, 3.63) is 59.7 Å². The first kappa shape index (κ1) is 16.2. The normalized spacial score (nSPS) is 11.3. The molecule has 0 aliphatic heterocycles. The molecule has 0 amide bonds. The average molecular weight is 337 g/mol. The fraction of sp³-hybridized carbons (Fsp3) is 0.0556. The number of hydrogen-bond donors (Lipinski definition) is 2. The van der Waals surface area contributed by atoms with Gasteiger partial charge in [0.15, 0.2) is 6.61 Å². The molecular weight excluding hydrogens is 325 g/mol. The van der Waals surface area contributed by atoms with Crippen LogP contribution in [0, 0.1) is 17.1 Å². The molecule has 1 aromatic heterocycles. The highest BCUT2D eigenvalue weighted by Gasteiger charge is 2.09. The summed E-state index contributed by atoms with van der Waals surface area (Å²) in [5.74, 6) is -0.689. The van der Waals surface area contributed by atoms with Crippen molar-refractivity contribution in [3.8, 4) is 11.8 Å². The maximum absolute atomic E-state index is 13.3. The van der Waals surface area contributed by atoms with Gasteiger partial charge in [-0.2, -0.15) is 5.26 Å². The van der Waals surface area contributed by atoms with Crippen LogP contribution >= 0.6 is 0 Å². The van der Waals surface area contributed by atoms with Crippen molar-refractivity contribution in [1.82, 2.24) is 9.97 Å². The predicted molar refractivity (Wildman–Crippen MR) is 89.1 cm³/mol. The molecule has 0 aliphatic rings. The van der Waals surface area contributed by atoms with Crippen LogP contribution in [0.15, 0.2) is 42.5 Å². The number of allylic oxidation sites excluding steroid dienone is 1. The SMILES string of the molecule is N#C/C(=C/c1ccc(OCC(=O)O)cc1)c1nc2ccc(F)cc2[nH]1. The van der Waals surface area contributed by atoms with Gasteiger partial charge in [-0.25, -0.2) is 14.2 Å². The Morgan fingerprint density at radius 3 is 2.76 bits per heavy atom. The molecule has 0 unspecified atom stereocenters. The number of aliphatic carboxylic acids is 1. The van der Waals surface area contributed by atoms with Crippen LogP contribution in [0.4, 0.5) is 4.39 Å². The van der Waals surface area contributed by atoms with Gasteiger partial charge in [-0.15, -0.1) is 0 Å². The average Bonchev–Trinajstić information content (AvgIpc) is 3.01. The number of fused-ring (bicyclic) bond motifs is 1. The Morgan fingerprint density at radius 1 is 1.32 bits per heavy atom. The Balaban J connectivity index is 1.86. The van der Waals surface area contributed by atoms with Crippen molar-refractivity contribution in [2.24, 2.45) is 0 Å². The van der Waals surface area contributed by atoms with Crippen LogP contribution in [0.2, 0.25) is 0 Å². The first-order valence-corrected chi connectivity index (χ1v) is 7.27. The van der Waals surface area contributed by atoms with E-state index in [0.717, 1.165) is 0 Å². The van der Waals surface area contributed by atoms with Crippen LogP contribution in [0.25, 0.3) is 22.7 Å². The van der Waals surface area contributed by atoms with E-state index in [2.05, 4.69) is 16.0 Å². The molecule has 0 atom stereocenters. The lowest BCUT2D eigenvalue weighted by molar-refractivity contribution is -0.139. The Hall–Kier alpha value is -3.66.